The second kappa shape index (κ2) is 8.66. The van der Waals surface area contributed by atoms with Gasteiger partial charge in [0.1, 0.15) is 11.6 Å². The van der Waals surface area contributed by atoms with Gasteiger partial charge in [0.25, 0.3) is 0 Å². The summed E-state index contributed by atoms with van der Waals surface area (Å²) >= 11 is 0. The van der Waals surface area contributed by atoms with Crippen molar-refractivity contribution >= 4 is 0 Å². The summed E-state index contributed by atoms with van der Waals surface area (Å²) in [6, 6.07) is 7.59. The molecule has 0 aliphatic heterocycles. The predicted octanol–water partition coefficient (Wildman–Crippen LogP) is 5.42. The highest BCUT2D eigenvalue weighted by molar-refractivity contribution is 5.61. The molecule has 0 N–H and O–H groups in total. The molecule has 3 rings (SSSR count). The van der Waals surface area contributed by atoms with E-state index in [-0.39, 0.29) is 17.2 Å². The summed E-state index contributed by atoms with van der Waals surface area (Å²) in [4.78, 5) is 0. The summed E-state index contributed by atoms with van der Waals surface area (Å²) < 4.78 is 27.6. The molecular weight excluding hydrogens is 320 g/mol. The third-order valence-corrected chi connectivity index (χ3v) is 3.85. The number of nitrogens with zero attached hydrogens (tertiary/aromatic N) is 3. The Bertz CT molecular complexity index is 743. The van der Waals surface area contributed by atoms with Crippen molar-refractivity contribution in [3.8, 4) is 17.3 Å². The molecule has 1 aliphatic carbocycles. The number of benzene rings is 1. The SMILES string of the molecule is CC(C)C.N#CCC1CCCc2cc(-c3c(F)cccc3F)nnc21. The molecule has 132 valence electrons. The topological polar surface area (TPSA) is 49.6 Å². The highest BCUT2D eigenvalue weighted by Crippen LogP contribution is 2.34. The largest absolute Gasteiger partial charge is 0.206 e. The quantitative estimate of drug-likeness (QED) is 0.732. The summed E-state index contributed by atoms with van der Waals surface area (Å²) in [6.45, 7) is 6.50. The van der Waals surface area contributed by atoms with Crippen LogP contribution >= 0.6 is 0 Å². The molecule has 0 fully saturated rings. The zero-order chi connectivity index (χ0) is 18.4. The molecule has 1 atom stereocenters. The Hall–Kier alpha value is -2.35. The molecule has 0 bridgehead atoms. The molecule has 3 nitrogen and oxygen atoms in total. The molecule has 0 spiro atoms. The highest BCUT2D eigenvalue weighted by atomic mass is 19.1. The van der Waals surface area contributed by atoms with Crippen molar-refractivity contribution in [2.24, 2.45) is 5.92 Å². The molecule has 1 aromatic carbocycles. The van der Waals surface area contributed by atoms with Crippen LogP contribution in [0.15, 0.2) is 24.3 Å². The molecule has 5 heteroatoms. The minimum absolute atomic E-state index is 0.0748. The molecule has 0 saturated heterocycles. The van der Waals surface area contributed by atoms with E-state index in [4.69, 9.17) is 5.26 Å². The first kappa shape index (κ1) is 19.0. The molecular formula is C20H23F2N3. The average molecular weight is 343 g/mol. The van der Waals surface area contributed by atoms with Gasteiger partial charge in [-0.05, 0) is 48.9 Å². The van der Waals surface area contributed by atoms with Gasteiger partial charge >= 0.3 is 0 Å². The van der Waals surface area contributed by atoms with Gasteiger partial charge in [0.05, 0.1) is 23.0 Å². The van der Waals surface area contributed by atoms with E-state index in [2.05, 4.69) is 37.0 Å². The van der Waals surface area contributed by atoms with Crippen molar-refractivity contribution in [1.29, 1.82) is 5.26 Å². The van der Waals surface area contributed by atoms with Gasteiger partial charge in [-0.15, -0.1) is 0 Å². The molecule has 0 saturated carbocycles. The second-order valence-electron chi connectivity index (χ2n) is 6.92. The van der Waals surface area contributed by atoms with Crippen LogP contribution in [0.2, 0.25) is 0 Å². The van der Waals surface area contributed by atoms with E-state index in [0.717, 1.165) is 36.4 Å². The Balaban J connectivity index is 0.000000511. The Morgan fingerprint density at radius 2 is 1.84 bits per heavy atom. The van der Waals surface area contributed by atoms with E-state index < -0.39 is 11.6 Å². The lowest BCUT2D eigenvalue weighted by Gasteiger charge is -2.22. The molecule has 25 heavy (non-hydrogen) atoms. The third-order valence-electron chi connectivity index (χ3n) is 3.85. The van der Waals surface area contributed by atoms with Crippen LogP contribution in [0.3, 0.4) is 0 Å². The fourth-order valence-corrected chi connectivity index (χ4v) is 2.83. The van der Waals surface area contributed by atoms with Crippen LogP contribution in [0, 0.1) is 28.9 Å². The predicted molar refractivity (Wildman–Crippen MR) is 93.8 cm³/mol. The average Bonchev–Trinajstić information content (AvgIpc) is 2.54. The number of hydrogen-bond donors (Lipinski definition) is 0. The summed E-state index contributed by atoms with van der Waals surface area (Å²) in [6.07, 6.45) is 3.05. The van der Waals surface area contributed by atoms with E-state index >= 15 is 0 Å². The highest BCUT2D eigenvalue weighted by Gasteiger charge is 2.24. The fraction of sp³-hybridized carbons (Fsp3) is 0.450. The Labute approximate surface area is 147 Å². The number of halogens is 2. The van der Waals surface area contributed by atoms with E-state index in [1.54, 1.807) is 6.07 Å². The van der Waals surface area contributed by atoms with E-state index in [1.807, 2.05) is 0 Å². The standard InChI is InChI=1S/C16H13F2N3.C4H10/c17-12-5-2-6-13(18)15(12)14-9-11-4-1-3-10(7-8-19)16(11)21-20-14;1-4(2)3/h2,5-6,9-10H,1,3-4,7H2;4H,1-3H3. The number of hydrogen-bond acceptors (Lipinski definition) is 3. The van der Waals surface area contributed by atoms with Gasteiger partial charge < -0.3 is 0 Å². The van der Waals surface area contributed by atoms with Gasteiger partial charge in [-0.3, -0.25) is 0 Å². The van der Waals surface area contributed by atoms with Crippen LogP contribution < -0.4 is 0 Å². The maximum absolute atomic E-state index is 13.8. The lowest BCUT2D eigenvalue weighted by Crippen LogP contribution is -2.13. The third kappa shape index (κ3) is 4.82. The van der Waals surface area contributed by atoms with E-state index in [1.165, 1.54) is 18.2 Å². The summed E-state index contributed by atoms with van der Waals surface area (Å²) in [5.74, 6) is -0.381. The molecule has 0 radical (unpaired) electrons. The van der Waals surface area contributed by atoms with Crippen LogP contribution in [0.25, 0.3) is 11.3 Å². The first-order valence-corrected chi connectivity index (χ1v) is 8.61. The number of aryl methyl sites for hydroxylation is 1. The summed E-state index contributed by atoms with van der Waals surface area (Å²) in [5.41, 5.74) is 1.80. The van der Waals surface area contributed by atoms with Gasteiger partial charge in [0.2, 0.25) is 0 Å². The lowest BCUT2D eigenvalue weighted by atomic mass is 9.85. The summed E-state index contributed by atoms with van der Waals surface area (Å²) in [7, 11) is 0. The van der Waals surface area contributed by atoms with E-state index in [9.17, 15) is 8.78 Å². The van der Waals surface area contributed by atoms with Crippen molar-refractivity contribution in [2.45, 2.75) is 52.4 Å². The molecule has 1 aromatic heterocycles. The van der Waals surface area contributed by atoms with Crippen molar-refractivity contribution < 1.29 is 8.78 Å². The Morgan fingerprint density at radius 3 is 2.44 bits per heavy atom. The van der Waals surface area contributed by atoms with Gasteiger partial charge in [-0.25, -0.2) is 8.78 Å². The van der Waals surface area contributed by atoms with Crippen LogP contribution in [0.4, 0.5) is 8.78 Å². The van der Waals surface area contributed by atoms with Gasteiger partial charge in [0, 0.05) is 12.3 Å². The van der Waals surface area contributed by atoms with Crippen LogP contribution in [0.5, 0.6) is 0 Å². The van der Waals surface area contributed by atoms with Crippen molar-refractivity contribution in [3.63, 3.8) is 0 Å². The maximum Gasteiger partial charge on any atom is 0.135 e. The summed E-state index contributed by atoms with van der Waals surface area (Å²) in [5, 5.41) is 17.0. The molecule has 0 amide bonds. The zero-order valence-electron chi connectivity index (χ0n) is 14.9. The smallest absolute Gasteiger partial charge is 0.135 e. The van der Waals surface area contributed by atoms with Gasteiger partial charge in [-0.1, -0.05) is 26.8 Å². The number of fused-ring (bicyclic) bond motifs is 1. The van der Waals surface area contributed by atoms with Gasteiger partial charge in [-0.2, -0.15) is 15.5 Å². The van der Waals surface area contributed by atoms with Crippen molar-refractivity contribution in [1.82, 2.24) is 10.2 Å². The molecule has 1 heterocycles. The number of nitriles is 1. The Morgan fingerprint density at radius 1 is 1.20 bits per heavy atom. The van der Waals surface area contributed by atoms with Crippen LogP contribution in [0.1, 0.15) is 57.2 Å². The fourth-order valence-electron chi connectivity index (χ4n) is 2.83. The molecule has 2 aromatic rings. The Kier molecular flexibility index (Phi) is 6.58. The zero-order valence-corrected chi connectivity index (χ0v) is 14.9. The van der Waals surface area contributed by atoms with Crippen LogP contribution in [-0.2, 0) is 6.42 Å². The van der Waals surface area contributed by atoms with Crippen LogP contribution in [-0.4, -0.2) is 10.2 Å². The number of aromatic nitrogens is 2. The lowest BCUT2D eigenvalue weighted by molar-refractivity contribution is 0.537. The minimum atomic E-state index is -0.645. The monoisotopic (exact) mass is 343 g/mol. The normalized spacial score (nSPS) is 15.8. The first-order chi connectivity index (χ1) is 11.9. The first-order valence-electron chi connectivity index (χ1n) is 8.61. The van der Waals surface area contributed by atoms with Crippen molar-refractivity contribution in [2.75, 3.05) is 0 Å². The molecule has 1 aliphatic rings. The van der Waals surface area contributed by atoms with Crippen molar-refractivity contribution in [3.05, 3.63) is 47.2 Å². The minimum Gasteiger partial charge on any atom is -0.206 e. The number of rotatable bonds is 2. The van der Waals surface area contributed by atoms with Gasteiger partial charge in [0.15, 0.2) is 0 Å². The second-order valence-corrected chi connectivity index (χ2v) is 6.92. The molecule has 1 unspecified atom stereocenters. The maximum atomic E-state index is 13.8. The van der Waals surface area contributed by atoms with E-state index in [0.29, 0.717) is 6.42 Å².